The first-order valence-corrected chi connectivity index (χ1v) is 4.58. The second kappa shape index (κ2) is 8.54. The molecular weight excluding hydrogens is 180 g/mol. The zero-order valence-corrected chi connectivity index (χ0v) is 8.88. The van der Waals surface area contributed by atoms with Crippen LogP contribution in [0.1, 0.15) is 6.42 Å². The molecule has 0 aliphatic rings. The predicted molar refractivity (Wildman–Crippen MR) is 55.8 cm³/mol. The van der Waals surface area contributed by atoms with Crippen LogP contribution in [0.15, 0.2) is 0 Å². The molecule has 0 fully saturated rings. The van der Waals surface area contributed by atoms with E-state index in [1.165, 1.54) is 0 Å². The van der Waals surface area contributed by atoms with Crippen molar-refractivity contribution in [1.29, 1.82) is 0 Å². The molecule has 0 atom stereocenters. The van der Waals surface area contributed by atoms with Gasteiger partial charge in [0.15, 0.2) is 0 Å². The zero-order chi connectivity index (χ0) is 10.8. The summed E-state index contributed by atoms with van der Waals surface area (Å²) in [4.78, 5) is 13.1. The average molecular weight is 198 g/mol. The van der Waals surface area contributed by atoms with E-state index in [1.807, 2.05) is 11.9 Å². The van der Waals surface area contributed by atoms with Crippen LogP contribution >= 0.6 is 0 Å². The highest BCUT2D eigenvalue weighted by Crippen LogP contribution is 1.85. The molecule has 0 aliphatic carbocycles. The van der Waals surface area contributed by atoms with E-state index in [1.54, 1.807) is 7.11 Å². The van der Waals surface area contributed by atoms with Gasteiger partial charge in [0, 0.05) is 26.6 Å². The predicted octanol–water partition coefficient (Wildman–Crippen LogP) is -0.296. The van der Waals surface area contributed by atoms with Crippen LogP contribution in [0, 0.1) is 12.3 Å². The molecule has 80 valence electrons. The fourth-order valence-corrected chi connectivity index (χ4v) is 0.928. The van der Waals surface area contributed by atoms with Gasteiger partial charge in [-0.3, -0.25) is 9.69 Å². The molecule has 4 nitrogen and oxygen atoms in total. The van der Waals surface area contributed by atoms with Gasteiger partial charge in [0.2, 0.25) is 5.91 Å². The van der Waals surface area contributed by atoms with Crippen molar-refractivity contribution in [3.8, 4) is 12.3 Å². The molecule has 4 heteroatoms. The quantitative estimate of drug-likeness (QED) is 0.451. The van der Waals surface area contributed by atoms with E-state index < -0.39 is 0 Å². The van der Waals surface area contributed by atoms with Crippen molar-refractivity contribution in [2.75, 3.05) is 40.4 Å². The highest BCUT2D eigenvalue weighted by atomic mass is 16.5. The van der Waals surface area contributed by atoms with Crippen molar-refractivity contribution in [2.24, 2.45) is 0 Å². The molecule has 0 saturated heterocycles. The van der Waals surface area contributed by atoms with Crippen LogP contribution in [0.2, 0.25) is 0 Å². The molecule has 0 radical (unpaired) electrons. The van der Waals surface area contributed by atoms with E-state index in [9.17, 15) is 4.79 Å². The van der Waals surface area contributed by atoms with Gasteiger partial charge in [-0.2, -0.15) is 0 Å². The Hall–Kier alpha value is -1.05. The molecule has 0 bridgehead atoms. The van der Waals surface area contributed by atoms with Gasteiger partial charge in [0.1, 0.15) is 0 Å². The first-order chi connectivity index (χ1) is 6.70. The molecule has 0 rings (SSSR count). The Kier molecular flexibility index (Phi) is 7.90. The number of amides is 1. The summed E-state index contributed by atoms with van der Waals surface area (Å²) in [7, 11) is 3.47. The summed E-state index contributed by atoms with van der Waals surface area (Å²) in [5, 5.41) is 2.73. The summed E-state index contributed by atoms with van der Waals surface area (Å²) in [6.45, 7) is 2.22. The van der Waals surface area contributed by atoms with Crippen LogP contribution in [-0.4, -0.2) is 51.2 Å². The Morgan fingerprint density at radius 3 is 2.93 bits per heavy atom. The molecule has 0 aromatic carbocycles. The number of carbonyl (C=O) groups is 1. The Balaban J connectivity index is 3.46. The number of hydrogen-bond donors (Lipinski definition) is 1. The van der Waals surface area contributed by atoms with Crippen molar-refractivity contribution in [1.82, 2.24) is 10.2 Å². The monoisotopic (exact) mass is 198 g/mol. The number of carbonyl (C=O) groups excluding carboxylic acids is 1. The lowest BCUT2D eigenvalue weighted by molar-refractivity contribution is -0.122. The third kappa shape index (κ3) is 7.59. The molecule has 0 aromatic heterocycles. The number of methoxy groups -OCH3 is 1. The number of nitrogens with one attached hydrogen (secondary N) is 1. The van der Waals surface area contributed by atoms with Crippen molar-refractivity contribution in [3.05, 3.63) is 0 Å². The highest BCUT2D eigenvalue weighted by Gasteiger charge is 2.04. The van der Waals surface area contributed by atoms with Crippen LogP contribution in [0.5, 0.6) is 0 Å². The van der Waals surface area contributed by atoms with Gasteiger partial charge >= 0.3 is 0 Å². The van der Waals surface area contributed by atoms with Gasteiger partial charge in [-0.25, -0.2) is 0 Å². The Bertz CT molecular complexity index is 199. The Morgan fingerprint density at radius 1 is 1.64 bits per heavy atom. The maximum Gasteiger partial charge on any atom is 0.234 e. The molecule has 1 amide bonds. The van der Waals surface area contributed by atoms with Crippen LogP contribution < -0.4 is 5.32 Å². The summed E-state index contributed by atoms with van der Waals surface area (Å²) in [5.41, 5.74) is 0. The van der Waals surface area contributed by atoms with Crippen LogP contribution in [0.4, 0.5) is 0 Å². The molecular formula is C10H18N2O2. The number of terminal acetylenes is 1. The highest BCUT2D eigenvalue weighted by molar-refractivity contribution is 5.77. The molecule has 0 aliphatic heterocycles. The van der Waals surface area contributed by atoms with E-state index >= 15 is 0 Å². The second-order valence-electron chi connectivity index (χ2n) is 3.03. The molecule has 0 aromatic rings. The van der Waals surface area contributed by atoms with Gasteiger partial charge in [0.25, 0.3) is 0 Å². The standard InChI is InChI=1S/C10H18N2O2/c1-4-5-7-12(2)9-10(13)11-6-8-14-3/h1H,5-9H2,2-3H3,(H,11,13). The summed E-state index contributed by atoms with van der Waals surface area (Å²) in [6, 6.07) is 0. The first-order valence-electron chi connectivity index (χ1n) is 4.58. The van der Waals surface area contributed by atoms with Crippen molar-refractivity contribution < 1.29 is 9.53 Å². The number of hydrogen-bond acceptors (Lipinski definition) is 3. The maximum absolute atomic E-state index is 11.2. The number of ether oxygens (including phenoxy) is 1. The van der Waals surface area contributed by atoms with Gasteiger partial charge in [0.05, 0.1) is 13.2 Å². The molecule has 0 heterocycles. The lowest BCUT2D eigenvalue weighted by Gasteiger charge is -2.14. The second-order valence-corrected chi connectivity index (χ2v) is 3.03. The third-order valence-electron chi connectivity index (χ3n) is 1.68. The van der Waals surface area contributed by atoms with E-state index in [4.69, 9.17) is 11.2 Å². The van der Waals surface area contributed by atoms with E-state index in [0.29, 0.717) is 26.1 Å². The molecule has 0 spiro atoms. The van der Waals surface area contributed by atoms with Gasteiger partial charge in [-0.1, -0.05) is 0 Å². The van der Waals surface area contributed by atoms with Gasteiger partial charge in [-0.05, 0) is 7.05 Å². The normalized spacial score (nSPS) is 9.86. The molecule has 1 N–H and O–H groups in total. The zero-order valence-electron chi connectivity index (χ0n) is 8.88. The van der Waals surface area contributed by atoms with E-state index in [2.05, 4.69) is 11.2 Å². The minimum Gasteiger partial charge on any atom is -0.383 e. The summed E-state index contributed by atoms with van der Waals surface area (Å²) >= 11 is 0. The van der Waals surface area contributed by atoms with Crippen LogP contribution in [-0.2, 0) is 9.53 Å². The van der Waals surface area contributed by atoms with Crippen LogP contribution in [0.3, 0.4) is 0 Å². The van der Waals surface area contributed by atoms with Gasteiger partial charge < -0.3 is 10.1 Å². The number of rotatable bonds is 7. The molecule has 0 unspecified atom stereocenters. The maximum atomic E-state index is 11.2. The minimum atomic E-state index is 0.00146. The van der Waals surface area contributed by atoms with Crippen molar-refractivity contribution in [3.63, 3.8) is 0 Å². The van der Waals surface area contributed by atoms with Gasteiger partial charge in [-0.15, -0.1) is 12.3 Å². The topological polar surface area (TPSA) is 41.6 Å². The van der Waals surface area contributed by atoms with E-state index in [-0.39, 0.29) is 5.91 Å². The average Bonchev–Trinajstić information content (AvgIpc) is 2.15. The number of likely N-dealkylation sites (N-methyl/N-ethyl adjacent to an activating group) is 1. The lowest BCUT2D eigenvalue weighted by Crippen LogP contribution is -2.36. The fourth-order valence-electron chi connectivity index (χ4n) is 0.928. The smallest absolute Gasteiger partial charge is 0.234 e. The van der Waals surface area contributed by atoms with Crippen LogP contribution in [0.25, 0.3) is 0 Å². The molecule has 14 heavy (non-hydrogen) atoms. The van der Waals surface area contributed by atoms with E-state index in [0.717, 1.165) is 6.54 Å². The Morgan fingerprint density at radius 2 is 2.36 bits per heavy atom. The summed E-state index contributed by atoms with van der Waals surface area (Å²) in [5.74, 6) is 2.53. The van der Waals surface area contributed by atoms with Crippen molar-refractivity contribution in [2.45, 2.75) is 6.42 Å². The lowest BCUT2D eigenvalue weighted by atomic mass is 10.4. The summed E-state index contributed by atoms with van der Waals surface area (Å²) < 4.78 is 4.81. The third-order valence-corrected chi connectivity index (χ3v) is 1.68. The largest absolute Gasteiger partial charge is 0.383 e. The van der Waals surface area contributed by atoms with Crippen molar-refractivity contribution >= 4 is 5.91 Å². The molecule has 0 saturated carbocycles. The number of nitrogens with zero attached hydrogens (tertiary/aromatic N) is 1. The first kappa shape index (κ1) is 12.9. The minimum absolute atomic E-state index is 0.00146. The SMILES string of the molecule is C#CCCN(C)CC(=O)NCCOC. The summed E-state index contributed by atoms with van der Waals surface area (Å²) in [6.07, 6.45) is 5.78. The fraction of sp³-hybridized carbons (Fsp3) is 0.700. The Labute approximate surface area is 85.6 Å².